The Kier molecular flexibility index (Phi) is 5.14. The number of aromatic nitrogens is 1. The lowest BCUT2D eigenvalue weighted by atomic mass is 9.88. The number of rotatable bonds is 7. The molecule has 2 aromatic heterocycles. The molecule has 0 aliphatic rings. The van der Waals surface area contributed by atoms with Gasteiger partial charge in [0.05, 0.1) is 4.88 Å². The Balaban J connectivity index is 1.92. The van der Waals surface area contributed by atoms with Crippen molar-refractivity contribution >= 4 is 17.2 Å². The van der Waals surface area contributed by atoms with E-state index in [2.05, 4.69) is 24.3 Å². The predicted octanol–water partition coefficient (Wildman–Crippen LogP) is 2.93. The largest absolute Gasteiger partial charge is 0.396 e. The van der Waals surface area contributed by atoms with E-state index in [1.807, 2.05) is 17.5 Å². The van der Waals surface area contributed by atoms with E-state index in [1.54, 1.807) is 6.07 Å². The standard InChI is InChI=1S/C15H20N2O3S/c1-15(2,6-4-7-18)10-16-14(19)11-9-12(20-17-11)13-5-3-8-21-13/h3,5,8-9,18H,4,6-7,10H2,1-2H3,(H,16,19). The molecule has 0 saturated heterocycles. The zero-order valence-electron chi connectivity index (χ0n) is 12.3. The molecule has 2 rings (SSSR count). The van der Waals surface area contributed by atoms with Crippen molar-refractivity contribution < 1.29 is 14.4 Å². The van der Waals surface area contributed by atoms with Crippen LogP contribution in [0.4, 0.5) is 0 Å². The van der Waals surface area contributed by atoms with Gasteiger partial charge in [-0.15, -0.1) is 11.3 Å². The number of nitrogens with zero attached hydrogens (tertiary/aromatic N) is 1. The second kappa shape index (κ2) is 6.87. The first-order chi connectivity index (χ1) is 10.0. The van der Waals surface area contributed by atoms with Crippen LogP contribution in [0.1, 0.15) is 37.2 Å². The number of carbonyl (C=O) groups excluding carboxylic acids is 1. The number of thiophene rings is 1. The topological polar surface area (TPSA) is 75.4 Å². The van der Waals surface area contributed by atoms with E-state index in [-0.39, 0.29) is 23.6 Å². The molecule has 0 aromatic carbocycles. The lowest BCUT2D eigenvalue weighted by molar-refractivity contribution is 0.0924. The van der Waals surface area contributed by atoms with Crippen molar-refractivity contribution in [1.29, 1.82) is 0 Å². The average molecular weight is 308 g/mol. The first-order valence-electron chi connectivity index (χ1n) is 6.91. The molecule has 0 aliphatic heterocycles. The van der Waals surface area contributed by atoms with Gasteiger partial charge in [-0.1, -0.05) is 25.1 Å². The minimum Gasteiger partial charge on any atom is -0.396 e. The molecule has 114 valence electrons. The van der Waals surface area contributed by atoms with Crippen LogP contribution in [0.3, 0.4) is 0 Å². The number of hydrogen-bond acceptors (Lipinski definition) is 5. The smallest absolute Gasteiger partial charge is 0.273 e. The highest BCUT2D eigenvalue weighted by molar-refractivity contribution is 7.13. The molecule has 2 N–H and O–H groups in total. The van der Waals surface area contributed by atoms with Crippen molar-refractivity contribution in [3.8, 4) is 10.6 Å². The third-order valence-corrected chi connectivity index (χ3v) is 4.13. The molecule has 2 heterocycles. The highest BCUT2D eigenvalue weighted by Crippen LogP contribution is 2.25. The van der Waals surface area contributed by atoms with Crippen LogP contribution in [-0.4, -0.2) is 29.3 Å². The van der Waals surface area contributed by atoms with Crippen molar-refractivity contribution in [2.75, 3.05) is 13.2 Å². The van der Waals surface area contributed by atoms with Gasteiger partial charge in [0.15, 0.2) is 11.5 Å². The molecule has 0 bridgehead atoms. The summed E-state index contributed by atoms with van der Waals surface area (Å²) in [5, 5.41) is 17.5. The van der Waals surface area contributed by atoms with Crippen molar-refractivity contribution in [3.63, 3.8) is 0 Å². The summed E-state index contributed by atoms with van der Waals surface area (Å²) in [5.74, 6) is 0.369. The number of aliphatic hydroxyl groups excluding tert-OH is 1. The molecule has 0 radical (unpaired) electrons. The van der Waals surface area contributed by atoms with Crippen LogP contribution in [0.2, 0.25) is 0 Å². The van der Waals surface area contributed by atoms with E-state index in [1.165, 1.54) is 11.3 Å². The molecule has 21 heavy (non-hydrogen) atoms. The SMILES string of the molecule is CC(C)(CCCO)CNC(=O)c1cc(-c2cccs2)on1. The summed E-state index contributed by atoms with van der Waals surface area (Å²) in [6.45, 7) is 4.82. The summed E-state index contributed by atoms with van der Waals surface area (Å²) in [7, 11) is 0. The molecule has 0 spiro atoms. The highest BCUT2D eigenvalue weighted by Gasteiger charge is 2.20. The van der Waals surface area contributed by atoms with E-state index in [4.69, 9.17) is 9.63 Å². The number of hydrogen-bond donors (Lipinski definition) is 2. The van der Waals surface area contributed by atoms with Crippen LogP contribution in [0.5, 0.6) is 0 Å². The molecular formula is C15H20N2O3S. The van der Waals surface area contributed by atoms with Gasteiger partial charge in [0.2, 0.25) is 0 Å². The predicted molar refractivity (Wildman–Crippen MR) is 82.3 cm³/mol. The number of nitrogens with one attached hydrogen (secondary N) is 1. The van der Waals surface area contributed by atoms with Crippen molar-refractivity contribution in [2.45, 2.75) is 26.7 Å². The maximum atomic E-state index is 12.1. The fraction of sp³-hybridized carbons (Fsp3) is 0.467. The second-order valence-electron chi connectivity index (χ2n) is 5.73. The molecule has 0 fully saturated rings. The molecule has 0 atom stereocenters. The van der Waals surface area contributed by atoms with Gasteiger partial charge in [-0.3, -0.25) is 4.79 Å². The second-order valence-corrected chi connectivity index (χ2v) is 6.68. The van der Waals surface area contributed by atoms with Crippen LogP contribution in [0.25, 0.3) is 10.6 Å². The van der Waals surface area contributed by atoms with Crippen molar-refractivity contribution in [2.24, 2.45) is 5.41 Å². The quantitative estimate of drug-likeness (QED) is 0.824. The van der Waals surface area contributed by atoms with Crippen molar-refractivity contribution in [3.05, 3.63) is 29.3 Å². The summed E-state index contributed by atoms with van der Waals surface area (Å²) >= 11 is 1.54. The maximum absolute atomic E-state index is 12.1. The molecule has 6 heteroatoms. The fourth-order valence-corrected chi connectivity index (χ4v) is 2.65. The molecule has 5 nitrogen and oxygen atoms in total. The first kappa shape index (κ1) is 15.7. The van der Waals surface area contributed by atoms with Crippen LogP contribution in [0, 0.1) is 5.41 Å². The molecule has 2 aromatic rings. The Labute approximate surface area is 128 Å². The van der Waals surface area contributed by atoms with Crippen LogP contribution in [-0.2, 0) is 0 Å². The third-order valence-electron chi connectivity index (χ3n) is 3.25. The Morgan fingerprint density at radius 1 is 1.52 bits per heavy atom. The molecule has 0 aliphatic carbocycles. The summed E-state index contributed by atoms with van der Waals surface area (Å²) in [6.07, 6.45) is 1.58. The summed E-state index contributed by atoms with van der Waals surface area (Å²) in [6, 6.07) is 5.50. The number of amides is 1. The maximum Gasteiger partial charge on any atom is 0.273 e. The molecular weight excluding hydrogens is 288 g/mol. The van der Waals surface area contributed by atoms with Gasteiger partial charge < -0.3 is 14.9 Å². The van der Waals surface area contributed by atoms with Gasteiger partial charge in [-0.05, 0) is 29.7 Å². The van der Waals surface area contributed by atoms with Gasteiger partial charge >= 0.3 is 0 Å². The van der Waals surface area contributed by atoms with Gasteiger partial charge in [-0.25, -0.2) is 0 Å². The highest BCUT2D eigenvalue weighted by atomic mass is 32.1. The Hall–Kier alpha value is -1.66. The van der Waals surface area contributed by atoms with Gasteiger partial charge in [0, 0.05) is 19.2 Å². The van der Waals surface area contributed by atoms with Gasteiger partial charge in [-0.2, -0.15) is 0 Å². The third kappa shape index (κ3) is 4.41. The van der Waals surface area contributed by atoms with E-state index in [0.29, 0.717) is 12.3 Å². The van der Waals surface area contributed by atoms with E-state index >= 15 is 0 Å². The minimum absolute atomic E-state index is 0.0568. The monoisotopic (exact) mass is 308 g/mol. The molecule has 1 amide bonds. The van der Waals surface area contributed by atoms with Gasteiger partial charge in [0.1, 0.15) is 0 Å². The summed E-state index contributed by atoms with van der Waals surface area (Å²) in [4.78, 5) is 13.0. The average Bonchev–Trinajstić information content (AvgIpc) is 3.12. The first-order valence-corrected chi connectivity index (χ1v) is 7.79. The van der Waals surface area contributed by atoms with Crippen molar-refractivity contribution in [1.82, 2.24) is 10.5 Å². The zero-order chi connectivity index (χ0) is 15.3. The summed E-state index contributed by atoms with van der Waals surface area (Å²) in [5.41, 5.74) is 0.231. The fourth-order valence-electron chi connectivity index (χ4n) is 1.97. The van der Waals surface area contributed by atoms with E-state index in [0.717, 1.165) is 17.7 Å². The number of aliphatic hydroxyl groups is 1. The normalized spacial score (nSPS) is 11.6. The molecule has 0 unspecified atom stereocenters. The zero-order valence-corrected chi connectivity index (χ0v) is 13.1. The van der Waals surface area contributed by atoms with E-state index < -0.39 is 0 Å². The van der Waals surface area contributed by atoms with Crippen LogP contribution < -0.4 is 5.32 Å². The Bertz CT molecular complexity index is 576. The van der Waals surface area contributed by atoms with Crippen LogP contribution in [0.15, 0.2) is 28.1 Å². The molecule has 0 saturated carbocycles. The van der Waals surface area contributed by atoms with Crippen LogP contribution >= 0.6 is 11.3 Å². The Morgan fingerprint density at radius 3 is 3.00 bits per heavy atom. The lowest BCUT2D eigenvalue weighted by Gasteiger charge is -2.24. The Morgan fingerprint density at radius 2 is 2.33 bits per heavy atom. The number of carbonyl (C=O) groups is 1. The minimum atomic E-state index is -0.237. The summed E-state index contributed by atoms with van der Waals surface area (Å²) < 4.78 is 5.19. The lowest BCUT2D eigenvalue weighted by Crippen LogP contribution is -2.34. The van der Waals surface area contributed by atoms with E-state index in [9.17, 15) is 4.79 Å². The van der Waals surface area contributed by atoms with Gasteiger partial charge in [0.25, 0.3) is 5.91 Å².